The second-order valence-electron chi connectivity index (χ2n) is 6.91. The Labute approximate surface area is 172 Å². The molecule has 0 saturated heterocycles. The second kappa shape index (κ2) is 7.67. The molecule has 0 radical (unpaired) electrons. The van der Waals surface area contributed by atoms with Gasteiger partial charge in [-0.2, -0.15) is 0 Å². The largest absolute Gasteiger partial charge is 0.325 e. The summed E-state index contributed by atoms with van der Waals surface area (Å²) in [6, 6.07) is 17.0. The van der Waals surface area contributed by atoms with Gasteiger partial charge in [0.25, 0.3) is 0 Å². The zero-order valence-electron chi connectivity index (χ0n) is 16.3. The van der Waals surface area contributed by atoms with E-state index >= 15 is 0 Å². The number of fused-ring (bicyclic) bond motifs is 3. The van der Waals surface area contributed by atoms with Gasteiger partial charge in [0, 0.05) is 16.6 Å². The molecule has 0 aliphatic heterocycles. The van der Waals surface area contributed by atoms with E-state index < -0.39 is 5.25 Å². The van der Waals surface area contributed by atoms with Crippen LogP contribution in [-0.4, -0.2) is 31.5 Å². The Balaban J connectivity index is 1.60. The smallest absolute Gasteiger partial charge is 0.237 e. The molecule has 7 heteroatoms. The highest BCUT2D eigenvalue weighted by Gasteiger charge is 2.19. The number of amides is 1. The molecule has 0 bridgehead atoms. The number of anilines is 1. The lowest BCUT2D eigenvalue weighted by Gasteiger charge is -2.12. The molecule has 2 heterocycles. The summed E-state index contributed by atoms with van der Waals surface area (Å²) in [5, 5.41) is 12.8. The van der Waals surface area contributed by atoms with Crippen LogP contribution in [0.1, 0.15) is 29.8 Å². The summed E-state index contributed by atoms with van der Waals surface area (Å²) in [6.07, 6.45) is 0. The van der Waals surface area contributed by atoms with Crippen molar-refractivity contribution in [1.29, 1.82) is 0 Å². The fourth-order valence-corrected chi connectivity index (χ4v) is 4.09. The van der Waals surface area contributed by atoms with Crippen molar-refractivity contribution in [2.75, 3.05) is 5.32 Å². The van der Waals surface area contributed by atoms with Gasteiger partial charge in [0.15, 0.2) is 16.6 Å². The predicted octanol–water partition coefficient (Wildman–Crippen LogP) is 4.51. The van der Waals surface area contributed by atoms with Crippen LogP contribution in [0.4, 0.5) is 5.69 Å². The number of para-hydroxylation sites is 1. The highest BCUT2D eigenvalue weighted by atomic mass is 32.2. The molecule has 4 aromatic rings. The van der Waals surface area contributed by atoms with E-state index in [1.54, 1.807) is 24.3 Å². The number of hydrogen-bond acceptors (Lipinski definition) is 5. The molecule has 2 aromatic heterocycles. The van der Waals surface area contributed by atoms with Crippen LogP contribution in [0.3, 0.4) is 0 Å². The molecule has 1 N–H and O–H groups in total. The van der Waals surface area contributed by atoms with Crippen molar-refractivity contribution in [1.82, 2.24) is 14.6 Å². The van der Waals surface area contributed by atoms with Crippen molar-refractivity contribution in [3.05, 3.63) is 65.7 Å². The second-order valence-corrected chi connectivity index (χ2v) is 8.21. The van der Waals surface area contributed by atoms with Crippen molar-refractivity contribution in [3.63, 3.8) is 0 Å². The minimum atomic E-state index is -0.400. The van der Waals surface area contributed by atoms with E-state index in [0.717, 1.165) is 22.1 Å². The number of aryl methyl sites for hydroxylation is 1. The van der Waals surface area contributed by atoms with Crippen LogP contribution in [0.15, 0.2) is 59.8 Å². The number of hydrogen-bond donors (Lipinski definition) is 1. The minimum Gasteiger partial charge on any atom is -0.325 e. The first-order valence-corrected chi connectivity index (χ1v) is 10.1. The molecule has 6 nitrogen and oxygen atoms in total. The first-order chi connectivity index (χ1) is 13.9. The van der Waals surface area contributed by atoms with Crippen LogP contribution in [0.2, 0.25) is 0 Å². The van der Waals surface area contributed by atoms with Crippen LogP contribution in [-0.2, 0) is 4.79 Å². The first-order valence-electron chi connectivity index (χ1n) is 9.26. The highest BCUT2D eigenvalue weighted by Crippen LogP contribution is 2.28. The summed E-state index contributed by atoms with van der Waals surface area (Å²) < 4.78 is 1.98. The normalized spacial score (nSPS) is 12.2. The maximum atomic E-state index is 12.7. The third-order valence-electron chi connectivity index (χ3n) is 4.76. The molecule has 0 aliphatic rings. The number of rotatable bonds is 5. The van der Waals surface area contributed by atoms with Gasteiger partial charge in [0.2, 0.25) is 5.91 Å². The summed E-state index contributed by atoms with van der Waals surface area (Å²) in [6.45, 7) is 5.38. The third kappa shape index (κ3) is 3.73. The number of benzene rings is 2. The molecule has 29 heavy (non-hydrogen) atoms. The van der Waals surface area contributed by atoms with Gasteiger partial charge in [-0.1, -0.05) is 42.1 Å². The quantitative estimate of drug-likeness (QED) is 0.391. The molecule has 0 spiro atoms. The third-order valence-corrected chi connectivity index (χ3v) is 5.80. The molecule has 1 atom stereocenters. The number of aromatic nitrogens is 3. The number of nitrogens with zero attached hydrogens (tertiary/aromatic N) is 3. The molecule has 1 amide bonds. The van der Waals surface area contributed by atoms with E-state index in [2.05, 4.69) is 28.5 Å². The zero-order valence-corrected chi connectivity index (χ0v) is 17.2. The van der Waals surface area contributed by atoms with Gasteiger partial charge in [-0.05, 0) is 50.6 Å². The van der Waals surface area contributed by atoms with Crippen molar-refractivity contribution >= 4 is 45.7 Å². The van der Waals surface area contributed by atoms with E-state index in [1.165, 1.54) is 18.7 Å². The minimum absolute atomic E-state index is 0.0411. The van der Waals surface area contributed by atoms with Crippen LogP contribution in [0, 0.1) is 6.92 Å². The number of carbonyl (C=O) groups is 2. The topological polar surface area (TPSA) is 76.4 Å². The predicted molar refractivity (Wildman–Crippen MR) is 116 cm³/mol. The van der Waals surface area contributed by atoms with Crippen LogP contribution in [0.5, 0.6) is 0 Å². The Morgan fingerprint density at radius 1 is 1.07 bits per heavy atom. The van der Waals surface area contributed by atoms with E-state index in [-0.39, 0.29) is 11.7 Å². The van der Waals surface area contributed by atoms with Crippen molar-refractivity contribution in [2.45, 2.75) is 31.2 Å². The van der Waals surface area contributed by atoms with E-state index in [9.17, 15) is 9.59 Å². The van der Waals surface area contributed by atoms with Crippen LogP contribution >= 0.6 is 11.8 Å². The van der Waals surface area contributed by atoms with Crippen LogP contribution < -0.4 is 5.32 Å². The fourth-order valence-electron chi connectivity index (χ4n) is 3.22. The lowest BCUT2D eigenvalue weighted by molar-refractivity contribution is -0.115. The van der Waals surface area contributed by atoms with Gasteiger partial charge in [-0.15, -0.1) is 10.2 Å². The van der Waals surface area contributed by atoms with Gasteiger partial charge in [-0.25, -0.2) is 0 Å². The van der Waals surface area contributed by atoms with Crippen molar-refractivity contribution in [3.8, 4) is 0 Å². The fraction of sp³-hybridized carbons (Fsp3) is 0.182. The molecular weight excluding hydrogens is 384 g/mol. The summed E-state index contributed by atoms with van der Waals surface area (Å²) in [5.41, 5.74) is 4.06. The van der Waals surface area contributed by atoms with E-state index in [0.29, 0.717) is 16.4 Å². The number of pyridine rings is 1. The Morgan fingerprint density at radius 2 is 1.86 bits per heavy atom. The zero-order chi connectivity index (χ0) is 20.5. The van der Waals surface area contributed by atoms with Crippen molar-refractivity contribution in [2.24, 2.45) is 0 Å². The number of Topliss-reactive ketones (excluding diaryl/α,β-unsaturated/α-hetero) is 1. The highest BCUT2D eigenvalue weighted by molar-refractivity contribution is 8.00. The molecule has 146 valence electrons. The van der Waals surface area contributed by atoms with Gasteiger partial charge >= 0.3 is 0 Å². The maximum absolute atomic E-state index is 12.7. The monoisotopic (exact) mass is 404 g/mol. The van der Waals surface area contributed by atoms with Gasteiger partial charge < -0.3 is 5.32 Å². The van der Waals surface area contributed by atoms with E-state index in [1.807, 2.05) is 35.6 Å². The average Bonchev–Trinajstić information content (AvgIpc) is 3.10. The number of ketones is 1. The number of thioether (sulfide) groups is 1. The van der Waals surface area contributed by atoms with E-state index in [4.69, 9.17) is 0 Å². The molecular formula is C22H20N4O2S. The van der Waals surface area contributed by atoms with Gasteiger partial charge in [0.05, 0.1) is 10.8 Å². The lowest BCUT2D eigenvalue weighted by Crippen LogP contribution is -2.22. The molecule has 0 fully saturated rings. The van der Waals surface area contributed by atoms with Crippen molar-refractivity contribution < 1.29 is 9.59 Å². The summed E-state index contributed by atoms with van der Waals surface area (Å²) in [5.74, 6) is -0.204. The Bertz CT molecular complexity index is 1250. The average molecular weight is 404 g/mol. The summed E-state index contributed by atoms with van der Waals surface area (Å²) >= 11 is 1.35. The Hall–Kier alpha value is -3.19. The van der Waals surface area contributed by atoms with Gasteiger partial charge in [-0.3, -0.25) is 14.0 Å². The molecule has 2 aromatic carbocycles. The first kappa shape index (κ1) is 19.1. The number of carbonyl (C=O) groups excluding carboxylic acids is 2. The number of nitrogens with one attached hydrogen (secondary N) is 1. The Kier molecular flexibility index (Phi) is 5.07. The summed E-state index contributed by atoms with van der Waals surface area (Å²) in [4.78, 5) is 24.2. The Morgan fingerprint density at radius 3 is 2.66 bits per heavy atom. The summed E-state index contributed by atoms with van der Waals surface area (Å²) in [7, 11) is 0. The molecule has 0 aliphatic carbocycles. The standard InChI is InChI=1S/C22H20N4O2S/c1-13-11-20-24-25-22(26(20)19-10-5-4-9-18(13)19)29-15(3)21(28)23-17-8-6-7-16(12-17)14(2)27/h4-12,15H,1-3H3,(H,23,28)/t15-/m1/s1. The molecule has 4 rings (SSSR count). The SMILES string of the molecule is CC(=O)c1cccc(NC(=O)[C@@H](C)Sc2nnc3cc(C)c4ccccc4n23)c1. The van der Waals surface area contributed by atoms with Crippen LogP contribution in [0.25, 0.3) is 16.6 Å². The van der Waals surface area contributed by atoms with Gasteiger partial charge in [0.1, 0.15) is 0 Å². The lowest BCUT2D eigenvalue weighted by atomic mass is 10.1. The molecule has 0 unspecified atom stereocenters. The maximum Gasteiger partial charge on any atom is 0.237 e. The molecule has 0 saturated carbocycles.